The van der Waals surface area contributed by atoms with Gasteiger partial charge in [-0.1, -0.05) is 0 Å². The van der Waals surface area contributed by atoms with Gasteiger partial charge >= 0.3 is 18.4 Å². The molecule has 0 radical (unpaired) electrons. The maximum Gasteiger partial charge on any atom is 0.460 e. The Hall–Kier alpha value is -1.00. The minimum absolute atomic E-state index is 0.0123. The summed E-state index contributed by atoms with van der Waals surface area (Å²) in [5.74, 6) is -9.25. The van der Waals surface area contributed by atoms with Crippen LogP contribution >= 0.6 is 0 Å². The van der Waals surface area contributed by atoms with E-state index < -0.39 is 94.8 Å². The molecule has 184 valence electrons. The maximum atomic E-state index is 14.4. The van der Waals surface area contributed by atoms with Crippen LogP contribution in [0.1, 0.15) is 6.42 Å². The van der Waals surface area contributed by atoms with Gasteiger partial charge in [0.2, 0.25) is 6.30 Å². The van der Waals surface area contributed by atoms with Gasteiger partial charge < -0.3 is 9.47 Å². The van der Waals surface area contributed by atoms with E-state index in [4.69, 9.17) is 0 Å². The maximum absolute atomic E-state index is 14.4. The van der Waals surface area contributed by atoms with Crippen LogP contribution in [0.4, 0.5) is 52.7 Å². The molecule has 0 N–H and O–H groups in total. The van der Waals surface area contributed by atoms with Crippen LogP contribution in [0, 0.1) is 0 Å². The van der Waals surface area contributed by atoms with E-state index in [0.717, 1.165) is 0 Å². The largest absolute Gasteiger partial charge is 0.460 e. The lowest BCUT2D eigenvalue weighted by Crippen LogP contribution is -2.61. The summed E-state index contributed by atoms with van der Waals surface area (Å²) in [7, 11) is 0. The first-order valence-electron chi connectivity index (χ1n) is 8.85. The fourth-order valence-electron chi connectivity index (χ4n) is 3.13. The van der Waals surface area contributed by atoms with E-state index in [2.05, 4.69) is 9.47 Å². The molecule has 0 aliphatic carbocycles. The van der Waals surface area contributed by atoms with Crippen molar-refractivity contribution in [3.63, 3.8) is 0 Å². The monoisotopic (exact) mass is 486 g/mol. The molecule has 4 atom stereocenters. The number of alkyl halides is 12. The highest BCUT2D eigenvalue weighted by Gasteiger charge is 2.59. The molecule has 31 heavy (non-hydrogen) atoms. The minimum Gasteiger partial charge on any atom is -0.373 e. The van der Waals surface area contributed by atoms with Gasteiger partial charge in [-0.15, -0.1) is 0 Å². The Bertz CT molecular complexity index is 584. The number of rotatable bonds is 6. The molecule has 0 spiro atoms. The quantitative estimate of drug-likeness (QED) is 0.422. The normalized spacial score (nSPS) is 27.9. The van der Waals surface area contributed by atoms with E-state index in [1.165, 1.54) is 0 Å². The number of nitrogens with zero attached hydrogens (tertiary/aromatic N) is 2. The van der Waals surface area contributed by atoms with Crippen molar-refractivity contribution in [2.75, 3.05) is 39.4 Å². The highest BCUT2D eigenvalue weighted by molar-refractivity contribution is 4.92. The lowest BCUT2D eigenvalue weighted by atomic mass is 10.0. The third-order valence-electron chi connectivity index (χ3n) is 4.86. The van der Waals surface area contributed by atoms with Crippen molar-refractivity contribution in [1.82, 2.24) is 9.80 Å². The number of hydrogen-bond acceptors (Lipinski definition) is 4. The van der Waals surface area contributed by atoms with Crippen molar-refractivity contribution in [3.05, 3.63) is 0 Å². The van der Waals surface area contributed by atoms with E-state index >= 15 is 0 Å². The smallest absolute Gasteiger partial charge is 0.373 e. The molecule has 4 nitrogen and oxygen atoms in total. The van der Waals surface area contributed by atoms with Crippen molar-refractivity contribution in [2.24, 2.45) is 0 Å². The molecule has 2 heterocycles. The van der Waals surface area contributed by atoms with Crippen LogP contribution in [0.25, 0.3) is 0 Å². The average molecular weight is 486 g/mol. The van der Waals surface area contributed by atoms with Gasteiger partial charge in [-0.2, -0.15) is 35.1 Å². The zero-order valence-corrected chi connectivity index (χ0v) is 15.5. The second kappa shape index (κ2) is 9.09. The van der Waals surface area contributed by atoms with Crippen LogP contribution in [-0.4, -0.2) is 98.2 Å². The molecule has 0 aromatic heterocycles. The molecule has 2 aliphatic heterocycles. The van der Waals surface area contributed by atoms with Gasteiger partial charge in [0.05, 0.1) is 19.3 Å². The Morgan fingerprint density at radius 1 is 0.774 bits per heavy atom. The fourth-order valence-corrected chi connectivity index (χ4v) is 3.13. The number of ether oxygens (including phenoxy) is 2. The highest BCUT2D eigenvalue weighted by Crippen LogP contribution is 2.40. The number of halogens is 12. The SMILES string of the molecule is FC(C(F)(F)F)C(F)(F)CC1COC(C(F)(F)C(F)N2CCN(C(F)(F)F)CC2)CO1. The summed E-state index contributed by atoms with van der Waals surface area (Å²) in [4.78, 5) is 0.460. The molecule has 0 aromatic carbocycles. The van der Waals surface area contributed by atoms with Crippen LogP contribution < -0.4 is 0 Å². The molecule has 2 fully saturated rings. The Labute approximate surface area is 168 Å². The van der Waals surface area contributed by atoms with Crippen LogP contribution in [0.3, 0.4) is 0 Å². The predicted octanol–water partition coefficient (Wildman–Crippen LogP) is 3.76. The summed E-state index contributed by atoms with van der Waals surface area (Å²) in [5, 5.41) is 0. The molecule has 2 saturated heterocycles. The standard InChI is InChI=1S/C15H18F12N2O2/c16-10(14(22,23)24)12(18,19)5-8-6-31-9(7-30-8)13(20,21)11(17)28-1-3-29(4-2-28)15(25,26)27/h8-11H,1-7H2. The molecule has 4 unspecified atom stereocenters. The van der Waals surface area contributed by atoms with Crippen LogP contribution in [0.15, 0.2) is 0 Å². The molecule has 2 aliphatic rings. The first-order valence-corrected chi connectivity index (χ1v) is 8.85. The molecular formula is C15H18F12N2O2. The topological polar surface area (TPSA) is 24.9 Å². The molecule has 0 saturated carbocycles. The Morgan fingerprint density at radius 2 is 1.32 bits per heavy atom. The second-order valence-corrected chi connectivity index (χ2v) is 7.15. The van der Waals surface area contributed by atoms with Crippen LogP contribution in [0.5, 0.6) is 0 Å². The summed E-state index contributed by atoms with van der Waals surface area (Å²) < 4.78 is 166. The predicted molar refractivity (Wildman–Crippen MR) is 79.0 cm³/mol. The van der Waals surface area contributed by atoms with Crippen LogP contribution in [0.2, 0.25) is 0 Å². The first kappa shape index (κ1) is 26.3. The van der Waals surface area contributed by atoms with Crippen molar-refractivity contribution >= 4 is 0 Å². The first-order chi connectivity index (χ1) is 14.0. The Kier molecular flexibility index (Phi) is 7.70. The zero-order valence-electron chi connectivity index (χ0n) is 15.5. The Balaban J connectivity index is 1.90. The van der Waals surface area contributed by atoms with Gasteiger partial charge in [0, 0.05) is 32.6 Å². The third-order valence-corrected chi connectivity index (χ3v) is 4.86. The highest BCUT2D eigenvalue weighted by atomic mass is 19.4. The number of piperazine rings is 1. The van der Waals surface area contributed by atoms with Gasteiger partial charge in [-0.05, 0) is 0 Å². The van der Waals surface area contributed by atoms with Crippen molar-refractivity contribution in [3.8, 4) is 0 Å². The summed E-state index contributed by atoms with van der Waals surface area (Å²) >= 11 is 0. The summed E-state index contributed by atoms with van der Waals surface area (Å²) in [6.07, 6.45) is -24.2. The third kappa shape index (κ3) is 6.28. The van der Waals surface area contributed by atoms with Gasteiger partial charge in [0.25, 0.3) is 12.1 Å². The van der Waals surface area contributed by atoms with Gasteiger partial charge in [-0.3, -0.25) is 4.90 Å². The second-order valence-electron chi connectivity index (χ2n) is 7.15. The van der Waals surface area contributed by atoms with Gasteiger partial charge in [0.1, 0.15) is 6.10 Å². The molecule has 16 heteroatoms. The summed E-state index contributed by atoms with van der Waals surface area (Å²) in [5.41, 5.74) is 0. The Morgan fingerprint density at radius 3 is 1.74 bits per heavy atom. The number of hydrogen-bond donors (Lipinski definition) is 0. The van der Waals surface area contributed by atoms with Crippen molar-refractivity contribution in [2.45, 2.75) is 55.4 Å². The fraction of sp³-hybridized carbons (Fsp3) is 1.00. The molecule has 0 aromatic rings. The summed E-state index contributed by atoms with van der Waals surface area (Å²) in [6.45, 7) is -5.18. The lowest BCUT2D eigenvalue weighted by Gasteiger charge is -2.42. The van der Waals surface area contributed by atoms with Gasteiger partial charge in [-0.25, -0.2) is 22.5 Å². The van der Waals surface area contributed by atoms with Crippen molar-refractivity contribution < 1.29 is 62.2 Å². The summed E-state index contributed by atoms with van der Waals surface area (Å²) in [6, 6.07) is 0. The van der Waals surface area contributed by atoms with E-state index in [-0.39, 0.29) is 4.90 Å². The molecule has 0 bridgehead atoms. The minimum atomic E-state index is -5.85. The molecular weight excluding hydrogens is 468 g/mol. The zero-order chi connectivity index (χ0) is 23.8. The van der Waals surface area contributed by atoms with E-state index in [1.807, 2.05) is 0 Å². The molecule has 0 amide bonds. The van der Waals surface area contributed by atoms with Crippen molar-refractivity contribution in [1.29, 1.82) is 0 Å². The average Bonchev–Trinajstić information content (AvgIpc) is 2.65. The van der Waals surface area contributed by atoms with Crippen LogP contribution in [-0.2, 0) is 9.47 Å². The van der Waals surface area contributed by atoms with E-state index in [1.54, 1.807) is 0 Å². The molecule has 2 rings (SSSR count). The lowest BCUT2D eigenvalue weighted by molar-refractivity contribution is -0.281. The van der Waals surface area contributed by atoms with E-state index in [0.29, 0.717) is 4.90 Å². The van der Waals surface area contributed by atoms with Gasteiger partial charge in [0.15, 0.2) is 0 Å². The van der Waals surface area contributed by atoms with E-state index in [9.17, 15) is 52.7 Å².